The summed E-state index contributed by atoms with van der Waals surface area (Å²) in [6.07, 6.45) is 1.12. The molecule has 2 atom stereocenters. The van der Waals surface area contributed by atoms with Crippen LogP contribution in [0.25, 0.3) is 0 Å². The largest absolute Gasteiger partial charge is 0.378 e. The first-order valence-corrected chi connectivity index (χ1v) is 6.53. The first kappa shape index (κ1) is 12.8. The highest BCUT2D eigenvalue weighted by Gasteiger charge is 2.31. The van der Waals surface area contributed by atoms with Gasteiger partial charge in [0.05, 0.1) is 19.3 Å². The average molecular weight is 241 g/mol. The van der Waals surface area contributed by atoms with Crippen LogP contribution in [0.3, 0.4) is 0 Å². The lowest BCUT2D eigenvalue weighted by atomic mass is 10.1. The highest BCUT2D eigenvalue weighted by atomic mass is 16.5. The van der Waals surface area contributed by atoms with Gasteiger partial charge in [-0.1, -0.05) is 0 Å². The van der Waals surface area contributed by atoms with Crippen LogP contribution >= 0.6 is 0 Å². The van der Waals surface area contributed by atoms with Crippen LogP contribution in [0.15, 0.2) is 0 Å². The van der Waals surface area contributed by atoms with E-state index in [1.807, 2.05) is 11.8 Å². The Balaban J connectivity index is 1.86. The number of carbonyl (C=O) groups excluding carboxylic acids is 1. The monoisotopic (exact) mass is 241 g/mol. The maximum Gasteiger partial charge on any atom is 0.239 e. The van der Waals surface area contributed by atoms with Gasteiger partial charge >= 0.3 is 0 Å². The average Bonchev–Trinajstić information content (AvgIpc) is 2.87. The SMILES string of the molecule is CC(C(=O)N1CCOCC1)N1CCC(CN)C1. The molecule has 0 bridgehead atoms. The first-order valence-electron chi connectivity index (χ1n) is 6.53. The fourth-order valence-electron chi connectivity index (χ4n) is 2.61. The van der Waals surface area contributed by atoms with Gasteiger partial charge in [0.15, 0.2) is 0 Å². The second kappa shape index (κ2) is 5.80. The Morgan fingerprint density at radius 3 is 2.71 bits per heavy atom. The summed E-state index contributed by atoms with van der Waals surface area (Å²) < 4.78 is 5.27. The van der Waals surface area contributed by atoms with Crippen molar-refractivity contribution < 1.29 is 9.53 Å². The van der Waals surface area contributed by atoms with E-state index in [0.717, 1.165) is 39.1 Å². The molecule has 2 rings (SSSR count). The number of nitrogens with zero attached hydrogens (tertiary/aromatic N) is 2. The van der Waals surface area contributed by atoms with E-state index in [0.29, 0.717) is 19.1 Å². The summed E-state index contributed by atoms with van der Waals surface area (Å²) in [5.74, 6) is 0.806. The molecule has 0 radical (unpaired) electrons. The quantitative estimate of drug-likeness (QED) is 0.724. The Kier molecular flexibility index (Phi) is 4.36. The fraction of sp³-hybridized carbons (Fsp3) is 0.917. The molecule has 1 amide bonds. The van der Waals surface area contributed by atoms with Gasteiger partial charge < -0.3 is 15.4 Å². The Morgan fingerprint density at radius 1 is 1.41 bits per heavy atom. The lowest BCUT2D eigenvalue weighted by molar-refractivity contribution is -0.140. The number of carbonyl (C=O) groups is 1. The molecule has 0 aromatic carbocycles. The molecule has 2 unspecified atom stereocenters. The van der Waals surface area contributed by atoms with E-state index in [4.69, 9.17) is 10.5 Å². The Bertz CT molecular complexity index is 266. The van der Waals surface area contributed by atoms with Crippen LogP contribution in [-0.4, -0.2) is 67.7 Å². The summed E-state index contributed by atoms with van der Waals surface area (Å²) in [4.78, 5) is 16.5. The molecular formula is C12H23N3O2. The molecule has 2 heterocycles. The molecule has 0 aromatic heterocycles. The van der Waals surface area contributed by atoms with Crippen molar-refractivity contribution in [3.05, 3.63) is 0 Å². The predicted octanol–water partition coefficient (Wildman–Crippen LogP) is -0.486. The van der Waals surface area contributed by atoms with E-state index in [9.17, 15) is 4.79 Å². The Morgan fingerprint density at radius 2 is 2.12 bits per heavy atom. The molecule has 2 aliphatic heterocycles. The third-order valence-corrected chi connectivity index (χ3v) is 3.88. The van der Waals surface area contributed by atoms with Crippen LogP contribution in [0.5, 0.6) is 0 Å². The van der Waals surface area contributed by atoms with Crippen molar-refractivity contribution in [3.8, 4) is 0 Å². The normalized spacial score (nSPS) is 28.4. The van der Waals surface area contributed by atoms with Gasteiger partial charge in [0.25, 0.3) is 0 Å². The Labute approximate surface area is 103 Å². The van der Waals surface area contributed by atoms with Gasteiger partial charge in [0, 0.05) is 19.6 Å². The molecule has 5 heteroatoms. The van der Waals surface area contributed by atoms with Gasteiger partial charge in [0.2, 0.25) is 5.91 Å². The van der Waals surface area contributed by atoms with E-state index >= 15 is 0 Å². The third kappa shape index (κ3) is 2.97. The maximum atomic E-state index is 12.3. The zero-order valence-corrected chi connectivity index (χ0v) is 10.6. The summed E-state index contributed by atoms with van der Waals surface area (Å²) in [7, 11) is 0. The van der Waals surface area contributed by atoms with E-state index in [2.05, 4.69) is 4.90 Å². The smallest absolute Gasteiger partial charge is 0.239 e. The summed E-state index contributed by atoms with van der Waals surface area (Å²) in [5.41, 5.74) is 5.68. The minimum absolute atomic E-state index is 0.00958. The fourth-order valence-corrected chi connectivity index (χ4v) is 2.61. The number of hydrogen-bond donors (Lipinski definition) is 1. The standard InChI is InChI=1S/C12H23N3O2/c1-10(15-3-2-11(8-13)9-15)12(16)14-4-6-17-7-5-14/h10-11H,2-9,13H2,1H3. The molecule has 98 valence electrons. The molecule has 2 fully saturated rings. The van der Waals surface area contributed by atoms with Crippen molar-refractivity contribution in [1.82, 2.24) is 9.80 Å². The molecule has 2 saturated heterocycles. The topological polar surface area (TPSA) is 58.8 Å². The van der Waals surface area contributed by atoms with Crippen molar-refractivity contribution in [2.75, 3.05) is 45.9 Å². The molecule has 0 spiro atoms. The second-order valence-corrected chi connectivity index (χ2v) is 5.00. The van der Waals surface area contributed by atoms with Crippen molar-refractivity contribution in [1.29, 1.82) is 0 Å². The molecule has 2 aliphatic rings. The van der Waals surface area contributed by atoms with Gasteiger partial charge in [-0.3, -0.25) is 9.69 Å². The maximum absolute atomic E-state index is 12.3. The van der Waals surface area contributed by atoms with Crippen LogP contribution < -0.4 is 5.73 Å². The molecule has 5 nitrogen and oxygen atoms in total. The van der Waals surface area contributed by atoms with Crippen molar-refractivity contribution in [2.45, 2.75) is 19.4 Å². The summed E-state index contributed by atoms with van der Waals surface area (Å²) in [6.45, 7) is 7.51. The molecular weight excluding hydrogens is 218 g/mol. The molecule has 17 heavy (non-hydrogen) atoms. The lowest BCUT2D eigenvalue weighted by Crippen LogP contribution is -2.50. The minimum atomic E-state index is -0.00958. The highest BCUT2D eigenvalue weighted by molar-refractivity contribution is 5.81. The number of likely N-dealkylation sites (tertiary alicyclic amines) is 1. The van der Waals surface area contributed by atoms with E-state index < -0.39 is 0 Å². The number of nitrogens with two attached hydrogens (primary N) is 1. The van der Waals surface area contributed by atoms with E-state index in [-0.39, 0.29) is 11.9 Å². The number of morpholine rings is 1. The molecule has 2 N–H and O–H groups in total. The number of amides is 1. The van der Waals surface area contributed by atoms with Gasteiger partial charge in [-0.15, -0.1) is 0 Å². The predicted molar refractivity (Wildman–Crippen MR) is 65.6 cm³/mol. The summed E-state index contributed by atoms with van der Waals surface area (Å²) in [6, 6.07) is -0.00958. The van der Waals surface area contributed by atoms with Crippen LogP contribution in [0.4, 0.5) is 0 Å². The van der Waals surface area contributed by atoms with Gasteiger partial charge in [0.1, 0.15) is 0 Å². The van der Waals surface area contributed by atoms with Crippen molar-refractivity contribution in [3.63, 3.8) is 0 Å². The van der Waals surface area contributed by atoms with Crippen LogP contribution in [0.2, 0.25) is 0 Å². The minimum Gasteiger partial charge on any atom is -0.378 e. The zero-order chi connectivity index (χ0) is 12.3. The number of ether oxygens (including phenoxy) is 1. The second-order valence-electron chi connectivity index (χ2n) is 5.00. The van der Waals surface area contributed by atoms with Crippen molar-refractivity contribution >= 4 is 5.91 Å². The van der Waals surface area contributed by atoms with E-state index in [1.54, 1.807) is 0 Å². The molecule has 0 saturated carbocycles. The van der Waals surface area contributed by atoms with Crippen LogP contribution in [-0.2, 0) is 9.53 Å². The summed E-state index contributed by atoms with van der Waals surface area (Å²) >= 11 is 0. The van der Waals surface area contributed by atoms with Gasteiger partial charge in [-0.25, -0.2) is 0 Å². The lowest BCUT2D eigenvalue weighted by Gasteiger charge is -2.32. The first-order chi connectivity index (χ1) is 8.22. The highest BCUT2D eigenvalue weighted by Crippen LogP contribution is 2.18. The summed E-state index contributed by atoms with van der Waals surface area (Å²) in [5, 5.41) is 0. The number of hydrogen-bond acceptors (Lipinski definition) is 4. The van der Waals surface area contributed by atoms with E-state index in [1.165, 1.54) is 0 Å². The van der Waals surface area contributed by atoms with Gasteiger partial charge in [-0.2, -0.15) is 0 Å². The third-order valence-electron chi connectivity index (χ3n) is 3.88. The molecule has 0 aromatic rings. The number of rotatable bonds is 3. The van der Waals surface area contributed by atoms with Crippen LogP contribution in [0, 0.1) is 5.92 Å². The zero-order valence-electron chi connectivity index (χ0n) is 10.6. The van der Waals surface area contributed by atoms with Gasteiger partial charge in [-0.05, 0) is 32.4 Å². The van der Waals surface area contributed by atoms with Crippen molar-refractivity contribution in [2.24, 2.45) is 11.7 Å². The Hall–Kier alpha value is -0.650. The molecule has 0 aliphatic carbocycles. The van der Waals surface area contributed by atoms with Crippen LogP contribution in [0.1, 0.15) is 13.3 Å².